The maximum absolute atomic E-state index is 14.2. The molecule has 3 aromatic rings. The van der Waals surface area contributed by atoms with E-state index in [4.69, 9.17) is 13.9 Å². The summed E-state index contributed by atoms with van der Waals surface area (Å²) in [5.74, 6) is 0.645. The van der Waals surface area contributed by atoms with Gasteiger partial charge in [-0.1, -0.05) is 19.3 Å². The molecule has 2 fully saturated rings. The molecular formula is C42H62F2N8O6. The Morgan fingerprint density at radius 1 is 0.931 bits per heavy atom. The van der Waals surface area contributed by atoms with Crippen LogP contribution in [0.2, 0.25) is 0 Å². The molecule has 5 rings (SSSR count). The molecule has 0 atom stereocenters. The summed E-state index contributed by atoms with van der Waals surface area (Å²) in [4.78, 5) is 50.7. The van der Waals surface area contributed by atoms with Crippen LogP contribution < -0.4 is 15.5 Å². The average Bonchev–Trinajstić information content (AvgIpc) is 3.64. The van der Waals surface area contributed by atoms with E-state index in [1.165, 1.54) is 23.6 Å². The smallest absolute Gasteiger partial charge is 0.416 e. The van der Waals surface area contributed by atoms with Crippen molar-refractivity contribution in [3.63, 3.8) is 0 Å². The van der Waals surface area contributed by atoms with Gasteiger partial charge in [0, 0.05) is 37.6 Å². The molecule has 0 spiro atoms. The summed E-state index contributed by atoms with van der Waals surface area (Å²) < 4.78 is 46.5. The Labute approximate surface area is 340 Å². The van der Waals surface area contributed by atoms with Crippen molar-refractivity contribution in [1.82, 2.24) is 30.0 Å². The maximum atomic E-state index is 14.2. The number of nitrogens with zero attached hydrogens (tertiary/aromatic N) is 6. The zero-order chi connectivity index (χ0) is 42.0. The van der Waals surface area contributed by atoms with Crippen molar-refractivity contribution in [2.75, 3.05) is 43.4 Å². The Bertz CT molecular complexity index is 1810. The van der Waals surface area contributed by atoms with Crippen molar-refractivity contribution >= 4 is 29.6 Å². The molecule has 0 unspecified atom stereocenters. The summed E-state index contributed by atoms with van der Waals surface area (Å²) in [5.41, 5.74) is -1.35. The number of aromatic nitrogens is 4. The summed E-state index contributed by atoms with van der Waals surface area (Å²) >= 11 is 0. The van der Waals surface area contributed by atoms with E-state index < -0.39 is 35.3 Å². The number of pyridine rings is 1. The molecule has 58 heavy (non-hydrogen) atoms. The number of amides is 3. The third-order valence-electron chi connectivity index (χ3n) is 10.1. The quantitative estimate of drug-likeness (QED) is 0.119. The number of alkyl halides is 2. The number of nitrogens with one attached hydrogen (secondary N) is 2. The van der Waals surface area contributed by atoms with Crippen LogP contribution in [0.15, 0.2) is 35.2 Å². The molecule has 0 aromatic carbocycles. The molecule has 14 nitrogen and oxygen atoms in total. The first-order valence-electron chi connectivity index (χ1n) is 20.7. The lowest BCUT2D eigenvalue weighted by Crippen LogP contribution is -2.38. The molecule has 2 saturated carbocycles. The first-order chi connectivity index (χ1) is 27.4. The first kappa shape index (κ1) is 44.5. The van der Waals surface area contributed by atoms with Crippen LogP contribution in [0.5, 0.6) is 0 Å². The normalized spacial score (nSPS) is 17.4. The Morgan fingerprint density at radius 3 is 2.26 bits per heavy atom. The SMILES string of the molecule is CN(CCCCCCCNC(=O)OC(C)(C)C)CC1CCC(n2cc(NC(=O)c3coc(-c4ccnc(N(CC5CC5)C(=O)OC(C)(C)C)c4)n3)c(C(F)F)n2)CC1. The first-order valence-corrected chi connectivity index (χ1v) is 20.7. The molecule has 0 aliphatic heterocycles. The van der Waals surface area contributed by atoms with E-state index >= 15 is 0 Å². The molecule has 320 valence electrons. The number of ether oxygens (including phenoxy) is 2. The lowest BCUT2D eigenvalue weighted by Gasteiger charge is -2.31. The van der Waals surface area contributed by atoms with E-state index in [1.807, 2.05) is 20.8 Å². The highest BCUT2D eigenvalue weighted by Gasteiger charge is 2.32. The molecule has 0 bridgehead atoms. The molecule has 0 radical (unpaired) electrons. The predicted molar refractivity (Wildman–Crippen MR) is 217 cm³/mol. The zero-order valence-corrected chi connectivity index (χ0v) is 35.2. The molecule has 2 aliphatic rings. The summed E-state index contributed by atoms with van der Waals surface area (Å²) in [7, 11) is 2.15. The molecule has 2 aliphatic carbocycles. The second-order valence-corrected chi connectivity index (χ2v) is 17.8. The highest BCUT2D eigenvalue weighted by Crippen LogP contribution is 2.36. The van der Waals surface area contributed by atoms with Gasteiger partial charge in [-0.2, -0.15) is 5.10 Å². The van der Waals surface area contributed by atoms with Crippen LogP contribution in [0, 0.1) is 11.8 Å². The summed E-state index contributed by atoms with van der Waals surface area (Å²) in [6.07, 6.45) is 11.3. The van der Waals surface area contributed by atoms with Crippen molar-refractivity contribution in [3.05, 3.63) is 42.2 Å². The van der Waals surface area contributed by atoms with Crippen molar-refractivity contribution in [1.29, 1.82) is 0 Å². The van der Waals surface area contributed by atoms with Gasteiger partial charge in [-0.25, -0.2) is 28.3 Å². The molecule has 3 amide bonds. The number of rotatable bonds is 18. The zero-order valence-electron chi connectivity index (χ0n) is 35.2. The second kappa shape index (κ2) is 19.9. The van der Waals surface area contributed by atoms with E-state index in [0.717, 1.165) is 83.7 Å². The third-order valence-corrected chi connectivity index (χ3v) is 10.1. The molecule has 2 N–H and O–H groups in total. The highest BCUT2D eigenvalue weighted by atomic mass is 19.3. The van der Waals surface area contributed by atoms with Gasteiger partial charge in [0.15, 0.2) is 11.4 Å². The van der Waals surface area contributed by atoms with E-state index in [9.17, 15) is 23.2 Å². The average molecular weight is 813 g/mol. The monoisotopic (exact) mass is 812 g/mol. The second-order valence-electron chi connectivity index (χ2n) is 17.8. The van der Waals surface area contributed by atoms with Gasteiger partial charge >= 0.3 is 12.2 Å². The van der Waals surface area contributed by atoms with Crippen LogP contribution >= 0.6 is 0 Å². The van der Waals surface area contributed by atoms with Gasteiger partial charge in [0.2, 0.25) is 5.89 Å². The van der Waals surface area contributed by atoms with Gasteiger partial charge in [-0.05, 0) is 130 Å². The molecule has 3 heterocycles. The van der Waals surface area contributed by atoms with Gasteiger partial charge in [0.1, 0.15) is 23.3 Å². The number of hydrogen-bond acceptors (Lipinski definition) is 10. The number of halogens is 2. The number of carbonyl (C=O) groups is 3. The molecule has 3 aromatic heterocycles. The Hall–Kier alpha value is -4.60. The van der Waals surface area contributed by atoms with Gasteiger partial charge in [0.25, 0.3) is 12.3 Å². The molecule has 16 heteroatoms. The number of unbranched alkanes of at least 4 members (excludes halogenated alkanes) is 4. The topological polar surface area (TPSA) is 157 Å². The van der Waals surface area contributed by atoms with Gasteiger partial charge in [-0.3, -0.25) is 14.4 Å². The number of alkyl carbamates (subject to hydrolysis) is 1. The number of hydrogen-bond donors (Lipinski definition) is 2. The standard InChI is InChI=1S/C42H62F2N8O6/c1-41(2,3)57-39(54)46-20-11-9-8-10-12-22-50(7)24-28-15-17-31(18-16-28)52-26-32(35(49-52)36(43)44)47-37(53)33-27-56-38(48-33)30-19-21-45-34(23-30)51(25-29-13-14-29)40(55)58-42(4,5)6/h19,21,23,26-29,31,36H,8-18,20,22,24-25H2,1-7H3,(H,46,54)(H,47,53). The highest BCUT2D eigenvalue weighted by molar-refractivity contribution is 6.03. The van der Waals surface area contributed by atoms with Crippen molar-refractivity contribution in [2.45, 2.75) is 136 Å². The van der Waals surface area contributed by atoms with Crippen molar-refractivity contribution in [3.8, 4) is 11.5 Å². The minimum Gasteiger partial charge on any atom is -0.444 e. The minimum absolute atomic E-state index is 0.0470. The maximum Gasteiger partial charge on any atom is 0.416 e. The van der Waals surface area contributed by atoms with Crippen LogP contribution in [0.3, 0.4) is 0 Å². The van der Waals surface area contributed by atoms with Crippen molar-refractivity contribution in [2.24, 2.45) is 11.8 Å². The number of oxazole rings is 1. The third kappa shape index (κ3) is 14.0. The fourth-order valence-electron chi connectivity index (χ4n) is 7.05. The van der Waals surface area contributed by atoms with Crippen LogP contribution in [-0.2, 0) is 9.47 Å². The molecular weight excluding hydrogens is 751 g/mol. The van der Waals surface area contributed by atoms with Crippen LogP contribution in [0.1, 0.15) is 141 Å². The Balaban J connectivity index is 1.08. The van der Waals surface area contributed by atoms with Crippen molar-refractivity contribution < 1.29 is 37.1 Å². The fraction of sp³-hybridized carbons (Fsp3) is 0.667. The van der Waals surface area contributed by atoms with E-state index in [1.54, 1.807) is 37.6 Å². The minimum atomic E-state index is -2.89. The van der Waals surface area contributed by atoms with Gasteiger partial charge < -0.3 is 29.4 Å². The van der Waals surface area contributed by atoms with Crippen LogP contribution in [0.25, 0.3) is 11.5 Å². The lowest BCUT2D eigenvalue weighted by molar-refractivity contribution is 0.0524. The fourth-order valence-corrected chi connectivity index (χ4v) is 7.05. The van der Waals surface area contributed by atoms with Crippen LogP contribution in [-0.4, -0.2) is 87.2 Å². The number of carbonyl (C=O) groups excluding carboxylic acids is 3. The van der Waals surface area contributed by atoms with E-state index in [-0.39, 0.29) is 29.4 Å². The number of anilines is 2. The summed E-state index contributed by atoms with van der Waals surface area (Å²) in [6.45, 7) is 14.0. The van der Waals surface area contributed by atoms with Gasteiger partial charge in [-0.15, -0.1) is 0 Å². The largest absolute Gasteiger partial charge is 0.444 e. The summed E-state index contributed by atoms with van der Waals surface area (Å²) in [5, 5.41) is 9.61. The van der Waals surface area contributed by atoms with E-state index in [2.05, 4.69) is 37.6 Å². The Morgan fingerprint density at radius 2 is 1.59 bits per heavy atom. The lowest BCUT2D eigenvalue weighted by atomic mass is 9.86. The van der Waals surface area contributed by atoms with Crippen LogP contribution in [0.4, 0.5) is 29.9 Å². The van der Waals surface area contributed by atoms with E-state index in [0.29, 0.717) is 36.3 Å². The van der Waals surface area contributed by atoms with Gasteiger partial charge in [0.05, 0.1) is 11.7 Å². The predicted octanol–water partition coefficient (Wildman–Crippen LogP) is 9.41. The molecule has 0 saturated heterocycles. The Kier molecular flexibility index (Phi) is 15.3. The summed E-state index contributed by atoms with van der Waals surface area (Å²) in [6, 6.07) is 3.24.